The molecule has 0 aromatic carbocycles. The molecule has 0 bridgehead atoms. The third-order valence-electron chi connectivity index (χ3n) is 5.18. The molecule has 0 aromatic heterocycles. The number of phosphoric acid groups is 1. The second kappa shape index (κ2) is 18.2. The van der Waals surface area contributed by atoms with Gasteiger partial charge in [0, 0.05) is 0 Å². The molecule has 0 heterocycles. The quantitative estimate of drug-likeness (QED) is 0.114. The SMILES string of the molecule is CCCCCCCCCCCCCC=C[C@H](O)[C@@H](N)COP(=O)([O-])OCC[N+](C)(C)C. The average Bonchev–Trinajstić information content (AvgIpc) is 2.68. The summed E-state index contributed by atoms with van der Waals surface area (Å²) >= 11 is 0. The van der Waals surface area contributed by atoms with E-state index in [0.717, 1.165) is 12.8 Å². The smallest absolute Gasteiger partial charge is 0.268 e. The van der Waals surface area contributed by atoms with E-state index in [1.54, 1.807) is 6.08 Å². The third kappa shape index (κ3) is 21.3. The van der Waals surface area contributed by atoms with Crippen molar-refractivity contribution in [1.82, 2.24) is 0 Å². The van der Waals surface area contributed by atoms with Gasteiger partial charge in [0.25, 0.3) is 7.82 Å². The van der Waals surface area contributed by atoms with Crippen molar-refractivity contribution in [3.63, 3.8) is 0 Å². The Labute approximate surface area is 191 Å². The number of rotatable bonds is 21. The maximum atomic E-state index is 11.8. The second-order valence-corrected chi connectivity index (χ2v) is 10.9. The van der Waals surface area contributed by atoms with Gasteiger partial charge in [0.05, 0.1) is 39.9 Å². The predicted octanol–water partition coefficient (Wildman–Crippen LogP) is 4.14. The molecule has 0 aliphatic heterocycles. The van der Waals surface area contributed by atoms with E-state index in [1.807, 2.05) is 27.2 Å². The number of unbranched alkanes of at least 4 members (excludes halogenated alkanes) is 11. The van der Waals surface area contributed by atoms with E-state index in [-0.39, 0.29) is 13.2 Å². The minimum absolute atomic E-state index is 0.0426. The van der Waals surface area contributed by atoms with Crippen LogP contribution in [0.15, 0.2) is 12.2 Å². The monoisotopic (exact) mass is 464 g/mol. The number of aliphatic hydroxyl groups is 1. The highest BCUT2D eigenvalue weighted by Crippen LogP contribution is 2.38. The van der Waals surface area contributed by atoms with Gasteiger partial charge in [-0.1, -0.05) is 83.3 Å². The van der Waals surface area contributed by atoms with Crippen molar-refractivity contribution in [2.75, 3.05) is 40.9 Å². The van der Waals surface area contributed by atoms with Gasteiger partial charge in [-0.15, -0.1) is 0 Å². The first kappa shape index (κ1) is 30.7. The van der Waals surface area contributed by atoms with Crippen molar-refractivity contribution in [2.24, 2.45) is 5.73 Å². The van der Waals surface area contributed by atoms with Gasteiger partial charge in [-0.2, -0.15) is 0 Å². The molecule has 0 aliphatic rings. The highest BCUT2D eigenvalue weighted by molar-refractivity contribution is 7.45. The van der Waals surface area contributed by atoms with Crippen LogP contribution in [-0.2, 0) is 13.6 Å². The van der Waals surface area contributed by atoms with Crippen LogP contribution in [0.2, 0.25) is 0 Å². The predicted molar refractivity (Wildman–Crippen MR) is 127 cm³/mol. The highest BCUT2D eigenvalue weighted by atomic mass is 31.2. The molecule has 0 saturated heterocycles. The molecular weight excluding hydrogens is 415 g/mol. The molecule has 0 saturated carbocycles. The number of nitrogens with zero attached hydrogens (tertiary/aromatic N) is 1. The molecule has 0 aliphatic carbocycles. The van der Waals surface area contributed by atoms with Gasteiger partial charge >= 0.3 is 0 Å². The van der Waals surface area contributed by atoms with E-state index in [0.29, 0.717) is 11.0 Å². The zero-order valence-corrected chi connectivity index (χ0v) is 21.4. The van der Waals surface area contributed by atoms with Gasteiger partial charge < -0.3 is 29.3 Å². The largest absolute Gasteiger partial charge is 0.756 e. The van der Waals surface area contributed by atoms with Crippen LogP contribution < -0.4 is 10.6 Å². The number of allylic oxidation sites excluding steroid dienone is 1. The minimum atomic E-state index is -4.41. The first-order valence-corrected chi connectivity index (χ1v) is 13.5. The summed E-state index contributed by atoms with van der Waals surface area (Å²) in [6.45, 7) is 2.51. The summed E-state index contributed by atoms with van der Waals surface area (Å²) in [5.41, 5.74) is 5.82. The Morgan fingerprint density at radius 3 is 2.00 bits per heavy atom. The Kier molecular flexibility index (Phi) is 18.0. The Bertz CT molecular complexity index is 497. The fraction of sp³-hybridized carbons (Fsp3) is 0.913. The maximum absolute atomic E-state index is 11.8. The van der Waals surface area contributed by atoms with Crippen molar-refractivity contribution in [3.05, 3.63) is 12.2 Å². The van der Waals surface area contributed by atoms with Crippen LogP contribution in [0.3, 0.4) is 0 Å². The molecule has 186 valence electrons. The van der Waals surface area contributed by atoms with E-state index in [2.05, 4.69) is 6.92 Å². The van der Waals surface area contributed by atoms with Crippen LogP contribution in [0.5, 0.6) is 0 Å². The van der Waals surface area contributed by atoms with Gasteiger partial charge in [0.2, 0.25) is 0 Å². The van der Waals surface area contributed by atoms with E-state index in [9.17, 15) is 14.6 Å². The normalized spacial score (nSPS) is 16.5. The molecule has 0 spiro atoms. The van der Waals surface area contributed by atoms with Crippen LogP contribution in [0, 0.1) is 0 Å². The lowest BCUT2D eigenvalue weighted by molar-refractivity contribution is -0.870. The fourth-order valence-electron chi connectivity index (χ4n) is 3.04. The molecule has 0 fully saturated rings. The molecule has 3 N–H and O–H groups in total. The third-order valence-corrected chi connectivity index (χ3v) is 6.15. The molecule has 1 unspecified atom stereocenters. The lowest BCUT2D eigenvalue weighted by Crippen LogP contribution is -2.39. The van der Waals surface area contributed by atoms with Crippen LogP contribution >= 0.6 is 7.82 Å². The molecule has 31 heavy (non-hydrogen) atoms. The van der Waals surface area contributed by atoms with Crippen LogP contribution in [0.1, 0.15) is 84.0 Å². The summed E-state index contributed by atoms with van der Waals surface area (Å²) in [5, 5.41) is 10.0. The summed E-state index contributed by atoms with van der Waals surface area (Å²) in [6, 6.07) is -0.821. The number of hydrogen-bond donors (Lipinski definition) is 2. The molecule has 8 heteroatoms. The Hall–Kier alpha value is -0.270. The zero-order valence-electron chi connectivity index (χ0n) is 20.5. The summed E-state index contributed by atoms with van der Waals surface area (Å²) in [6.07, 6.45) is 17.8. The molecule has 0 radical (unpaired) electrons. The summed E-state index contributed by atoms with van der Waals surface area (Å²) in [5.74, 6) is 0. The van der Waals surface area contributed by atoms with Crippen molar-refractivity contribution in [1.29, 1.82) is 0 Å². The van der Waals surface area contributed by atoms with Gasteiger partial charge in [0.1, 0.15) is 13.2 Å². The van der Waals surface area contributed by atoms with E-state index in [1.165, 1.54) is 64.2 Å². The van der Waals surface area contributed by atoms with Crippen molar-refractivity contribution in [3.8, 4) is 0 Å². The molecule has 0 aromatic rings. The number of aliphatic hydroxyl groups excluding tert-OH is 1. The number of quaternary nitrogens is 1. The lowest BCUT2D eigenvalue weighted by Gasteiger charge is -2.28. The second-order valence-electron chi connectivity index (χ2n) is 9.50. The first-order chi connectivity index (χ1) is 14.6. The molecule has 0 amide bonds. The highest BCUT2D eigenvalue weighted by Gasteiger charge is 2.18. The number of phosphoric ester groups is 1. The fourth-order valence-corrected chi connectivity index (χ4v) is 3.78. The van der Waals surface area contributed by atoms with Gasteiger partial charge in [-0.3, -0.25) is 4.57 Å². The van der Waals surface area contributed by atoms with Crippen molar-refractivity contribution >= 4 is 7.82 Å². The molecule has 3 atom stereocenters. The van der Waals surface area contributed by atoms with Gasteiger partial charge in [-0.25, -0.2) is 0 Å². The zero-order chi connectivity index (χ0) is 23.6. The minimum Gasteiger partial charge on any atom is -0.756 e. The van der Waals surface area contributed by atoms with Crippen LogP contribution in [0.4, 0.5) is 0 Å². The molecule has 7 nitrogen and oxygen atoms in total. The summed E-state index contributed by atoms with van der Waals surface area (Å²) in [4.78, 5) is 11.8. The van der Waals surface area contributed by atoms with Crippen molar-refractivity contribution < 1.29 is 28.1 Å². The Balaban J connectivity index is 3.74. The maximum Gasteiger partial charge on any atom is 0.268 e. The van der Waals surface area contributed by atoms with E-state index in [4.69, 9.17) is 14.8 Å². The number of hydrogen-bond acceptors (Lipinski definition) is 6. The molecule has 0 rings (SSSR count). The summed E-state index contributed by atoms with van der Waals surface area (Å²) in [7, 11) is 1.41. The van der Waals surface area contributed by atoms with Crippen molar-refractivity contribution in [2.45, 2.75) is 96.1 Å². The summed E-state index contributed by atoms with van der Waals surface area (Å²) < 4.78 is 22.0. The first-order valence-electron chi connectivity index (χ1n) is 12.1. The lowest BCUT2D eigenvalue weighted by atomic mass is 10.0. The number of likely N-dealkylation sites (N-methyl/N-ethyl adjacent to an activating group) is 1. The average molecular weight is 465 g/mol. The van der Waals surface area contributed by atoms with E-state index < -0.39 is 20.0 Å². The van der Waals surface area contributed by atoms with Gasteiger partial charge in [0.15, 0.2) is 0 Å². The number of nitrogens with two attached hydrogens (primary N) is 1. The van der Waals surface area contributed by atoms with E-state index >= 15 is 0 Å². The topological polar surface area (TPSA) is 105 Å². The standard InChI is InChI=1S/C23H49N2O5P/c1-5-6-7-8-9-10-11-12-13-14-15-16-17-18-23(26)22(24)21-30-31(27,28)29-20-19-25(2,3)4/h17-18,22-23,26H,5-16,19-21,24H2,1-4H3/t22-,23-/m0/s1. The Morgan fingerprint density at radius 1 is 0.968 bits per heavy atom. The molecular formula is C23H49N2O5P. The van der Waals surface area contributed by atoms with Crippen LogP contribution in [0.25, 0.3) is 0 Å². The van der Waals surface area contributed by atoms with Crippen LogP contribution in [-0.4, -0.2) is 62.6 Å². The Morgan fingerprint density at radius 2 is 1.48 bits per heavy atom. The van der Waals surface area contributed by atoms with Gasteiger partial charge in [-0.05, 0) is 12.8 Å².